The summed E-state index contributed by atoms with van der Waals surface area (Å²) in [5, 5.41) is 13.1. The molecular formula is C18H26N4O2. The summed E-state index contributed by atoms with van der Waals surface area (Å²) in [5.74, 6) is 1.24. The molecule has 3 fully saturated rings. The summed E-state index contributed by atoms with van der Waals surface area (Å²) in [6, 6.07) is 1.86. The number of nitrogens with one attached hydrogen (secondary N) is 1. The van der Waals surface area contributed by atoms with Crippen LogP contribution in [0.2, 0.25) is 0 Å². The molecule has 4 rings (SSSR count). The van der Waals surface area contributed by atoms with Gasteiger partial charge < -0.3 is 15.3 Å². The van der Waals surface area contributed by atoms with Crippen LogP contribution in [0.3, 0.4) is 0 Å². The first-order valence-electron chi connectivity index (χ1n) is 9.28. The normalized spacial score (nSPS) is 35.7. The molecule has 2 aliphatic carbocycles. The van der Waals surface area contributed by atoms with Crippen LogP contribution in [-0.2, 0) is 4.79 Å². The van der Waals surface area contributed by atoms with Crippen LogP contribution in [0.1, 0.15) is 51.4 Å². The van der Waals surface area contributed by atoms with Crippen LogP contribution >= 0.6 is 0 Å². The number of nitrogens with zero attached hydrogens (tertiary/aromatic N) is 3. The average Bonchev–Trinajstić information content (AvgIpc) is 3.19. The molecule has 0 aromatic carbocycles. The number of rotatable bonds is 3. The molecule has 130 valence electrons. The van der Waals surface area contributed by atoms with E-state index in [2.05, 4.69) is 20.2 Å². The Kier molecular flexibility index (Phi) is 4.39. The van der Waals surface area contributed by atoms with Crippen LogP contribution in [-0.4, -0.2) is 45.2 Å². The van der Waals surface area contributed by atoms with Gasteiger partial charge in [-0.1, -0.05) is 12.8 Å². The van der Waals surface area contributed by atoms with E-state index in [1.165, 1.54) is 19.3 Å². The van der Waals surface area contributed by atoms with Gasteiger partial charge in [-0.3, -0.25) is 4.79 Å². The zero-order valence-electron chi connectivity index (χ0n) is 14.0. The lowest BCUT2D eigenvalue weighted by Crippen LogP contribution is -2.51. The monoisotopic (exact) mass is 330 g/mol. The Morgan fingerprint density at radius 3 is 2.67 bits per heavy atom. The fraction of sp³-hybridized carbons (Fsp3) is 0.722. The molecule has 24 heavy (non-hydrogen) atoms. The predicted octanol–water partition coefficient (Wildman–Crippen LogP) is 1.64. The Hall–Kier alpha value is -1.69. The predicted molar refractivity (Wildman–Crippen MR) is 90.5 cm³/mol. The highest BCUT2D eigenvalue weighted by Gasteiger charge is 2.46. The first-order valence-corrected chi connectivity index (χ1v) is 9.28. The van der Waals surface area contributed by atoms with E-state index in [4.69, 9.17) is 0 Å². The van der Waals surface area contributed by atoms with E-state index in [1.807, 2.05) is 6.07 Å². The lowest BCUT2D eigenvalue weighted by atomic mass is 9.85. The van der Waals surface area contributed by atoms with Gasteiger partial charge in [-0.2, -0.15) is 0 Å². The summed E-state index contributed by atoms with van der Waals surface area (Å²) in [5.41, 5.74) is 0. The molecule has 1 saturated heterocycles. The van der Waals surface area contributed by atoms with Gasteiger partial charge in [-0.15, -0.1) is 0 Å². The second kappa shape index (κ2) is 6.67. The second-order valence-corrected chi connectivity index (χ2v) is 7.43. The van der Waals surface area contributed by atoms with Crippen molar-refractivity contribution in [2.24, 2.45) is 5.92 Å². The Balaban J connectivity index is 1.56. The highest BCUT2D eigenvalue weighted by molar-refractivity contribution is 5.86. The molecule has 2 heterocycles. The van der Waals surface area contributed by atoms with Crippen molar-refractivity contribution < 1.29 is 9.90 Å². The maximum atomic E-state index is 13.0. The lowest BCUT2D eigenvalue weighted by molar-refractivity contribution is -0.123. The Bertz CT molecular complexity index is 582. The lowest BCUT2D eigenvalue weighted by Gasteiger charge is -2.33. The molecule has 5 atom stereocenters. The Labute approximate surface area is 142 Å². The number of carbonyl (C=O) groups excluding carboxylic acids is 1. The molecule has 1 aliphatic heterocycles. The molecule has 1 aromatic rings. The van der Waals surface area contributed by atoms with E-state index in [0.29, 0.717) is 17.9 Å². The number of aliphatic hydroxyl groups is 1. The minimum atomic E-state index is -0.404. The van der Waals surface area contributed by atoms with E-state index >= 15 is 0 Å². The van der Waals surface area contributed by atoms with Crippen LogP contribution in [0.5, 0.6) is 0 Å². The van der Waals surface area contributed by atoms with E-state index in [9.17, 15) is 9.90 Å². The third kappa shape index (κ3) is 2.88. The summed E-state index contributed by atoms with van der Waals surface area (Å²) in [6.45, 7) is 0. The van der Waals surface area contributed by atoms with E-state index in [1.54, 1.807) is 12.4 Å². The summed E-state index contributed by atoms with van der Waals surface area (Å²) < 4.78 is 0. The fourth-order valence-electron chi connectivity index (χ4n) is 4.79. The molecule has 2 saturated carbocycles. The first-order chi connectivity index (χ1) is 11.7. The summed E-state index contributed by atoms with van der Waals surface area (Å²) in [7, 11) is 0. The average molecular weight is 330 g/mol. The van der Waals surface area contributed by atoms with E-state index in [0.717, 1.165) is 32.1 Å². The van der Waals surface area contributed by atoms with Crippen molar-refractivity contribution in [1.29, 1.82) is 0 Å². The fourth-order valence-corrected chi connectivity index (χ4v) is 4.79. The van der Waals surface area contributed by atoms with Crippen LogP contribution < -0.4 is 10.2 Å². The number of hydrogen-bond donors (Lipinski definition) is 2. The van der Waals surface area contributed by atoms with Crippen LogP contribution in [0, 0.1) is 5.92 Å². The summed E-state index contributed by atoms with van der Waals surface area (Å²) in [6.07, 6.45) is 11.3. The molecule has 0 radical (unpaired) electrons. The van der Waals surface area contributed by atoms with Gasteiger partial charge in [0.2, 0.25) is 11.9 Å². The van der Waals surface area contributed by atoms with Crippen LogP contribution in [0.15, 0.2) is 18.5 Å². The molecule has 0 spiro atoms. The minimum Gasteiger partial charge on any atom is -0.391 e. The second-order valence-electron chi connectivity index (χ2n) is 7.43. The van der Waals surface area contributed by atoms with Gasteiger partial charge in [0, 0.05) is 18.4 Å². The standard InChI is InChI=1S/C18H26N4O2/c23-16-8-3-6-13(16)21-17(24)15-11-12-5-1-2-7-14(12)22(15)18-19-9-4-10-20-18/h4,9-10,12-16,23H,1-3,5-8,11H2,(H,21,24)/t12-,13+,14-,15-,16-/m0/s1. The van der Waals surface area contributed by atoms with Crippen molar-refractivity contribution in [3.63, 3.8) is 0 Å². The van der Waals surface area contributed by atoms with Gasteiger partial charge >= 0.3 is 0 Å². The number of carbonyl (C=O) groups is 1. The van der Waals surface area contributed by atoms with Crippen molar-refractivity contribution >= 4 is 11.9 Å². The zero-order valence-corrected chi connectivity index (χ0v) is 14.0. The number of aliphatic hydroxyl groups excluding tert-OH is 1. The van der Waals surface area contributed by atoms with Gasteiger partial charge in [0.05, 0.1) is 12.1 Å². The van der Waals surface area contributed by atoms with E-state index < -0.39 is 6.10 Å². The molecule has 2 N–H and O–H groups in total. The largest absolute Gasteiger partial charge is 0.391 e. The quantitative estimate of drug-likeness (QED) is 0.881. The third-order valence-corrected chi connectivity index (χ3v) is 5.98. The van der Waals surface area contributed by atoms with Crippen LogP contribution in [0.25, 0.3) is 0 Å². The zero-order chi connectivity index (χ0) is 16.5. The Morgan fingerprint density at radius 1 is 1.12 bits per heavy atom. The molecule has 6 nitrogen and oxygen atoms in total. The van der Waals surface area contributed by atoms with Gasteiger partial charge in [-0.05, 0) is 50.5 Å². The third-order valence-electron chi connectivity index (χ3n) is 5.98. The van der Waals surface area contributed by atoms with Gasteiger partial charge in [0.15, 0.2) is 0 Å². The Morgan fingerprint density at radius 2 is 1.92 bits per heavy atom. The van der Waals surface area contributed by atoms with Gasteiger partial charge in [-0.25, -0.2) is 9.97 Å². The molecule has 3 aliphatic rings. The number of amides is 1. The van der Waals surface area contributed by atoms with Crippen molar-refractivity contribution in [3.05, 3.63) is 18.5 Å². The SMILES string of the molecule is O=C(N[C@@H]1CCC[C@@H]1O)[C@@H]1C[C@@H]2CCCC[C@@H]2N1c1ncccn1. The number of hydrogen-bond acceptors (Lipinski definition) is 5. The summed E-state index contributed by atoms with van der Waals surface area (Å²) >= 11 is 0. The maximum Gasteiger partial charge on any atom is 0.243 e. The number of aromatic nitrogens is 2. The van der Waals surface area contributed by atoms with Crippen molar-refractivity contribution in [2.45, 2.75) is 75.6 Å². The minimum absolute atomic E-state index is 0.0304. The number of anilines is 1. The molecule has 0 bridgehead atoms. The maximum absolute atomic E-state index is 13.0. The van der Waals surface area contributed by atoms with Crippen LogP contribution in [0.4, 0.5) is 5.95 Å². The molecule has 1 amide bonds. The van der Waals surface area contributed by atoms with E-state index in [-0.39, 0.29) is 18.0 Å². The molecular weight excluding hydrogens is 304 g/mol. The highest BCUT2D eigenvalue weighted by atomic mass is 16.3. The highest BCUT2D eigenvalue weighted by Crippen LogP contribution is 2.41. The molecule has 6 heteroatoms. The van der Waals surface area contributed by atoms with Crippen molar-refractivity contribution in [1.82, 2.24) is 15.3 Å². The van der Waals surface area contributed by atoms with Crippen molar-refractivity contribution in [3.8, 4) is 0 Å². The number of fused-ring (bicyclic) bond motifs is 1. The first kappa shape index (κ1) is 15.8. The topological polar surface area (TPSA) is 78.4 Å². The van der Waals surface area contributed by atoms with Crippen molar-refractivity contribution in [2.75, 3.05) is 4.90 Å². The van der Waals surface area contributed by atoms with Gasteiger partial charge in [0.1, 0.15) is 6.04 Å². The molecule has 0 unspecified atom stereocenters. The molecule has 1 aromatic heterocycles. The smallest absolute Gasteiger partial charge is 0.243 e. The van der Waals surface area contributed by atoms with Gasteiger partial charge in [0.25, 0.3) is 0 Å². The summed E-state index contributed by atoms with van der Waals surface area (Å²) in [4.78, 5) is 23.9.